The van der Waals surface area contributed by atoms with Crippen LogP contribution in [0.4, 0.5) is 5.69 Å². The molecule has 0 spiro atoms. The summed E-state index contributed by atoms with van der Waals surface area (Å²) in [6.07, 6.45) is 5.99. The Balaban J connectivity index is 1.47. The highest BCUT2D eigenvalue weighted by molar-refractivity contribution is 6.03. The Morgan fingerprint density at radius 3 is 2.58 bits per heavy atom. The quantitative estimate of drug-likeness (QED) is 0.894. The number of nitrogens with one attached hydrogen (secondary N) is 1. The lowest BCUT2D eigenvalue weighted by Gasteiger charge is -2.14. The van der Waals surface area contributed by atoms with Crippen LogP contribution in [0.5, 0.6) is 5.75 Å². The smallest absolute Gasteiger partial charge is 0.232 e. The molecule has 0 aromatic heterocycles. The van der Waals surface area contributed by atoms with Crippen LogP contribution < -0.4 is 10.1 Å². The molecule has 1 N–H and O–H groups in total. The number of carbonyl (C=O) groups excluding carboxylic acids is 1. The second kappa shape index (κ2) is 6.31. The van der Waals surface area contributed by atoms with Crippen LogP contribution in [0.1, 0.15) is 48.3 Å². The zero-order chi connectivity index (χ0) is 16.5. The fraction of sp³-hybridized carbons (Fsp3) is 0.381. The van der Waals surface area contributed by atoms with Crippen molar-refractivity contribution >= 4 is 11.6 Å². The molecular formula is C21H23NO2. The Morgan fingerprint density at radius 2 is 1.83 bits per heavy atom. The summed E-state index contributed by atoms with van der Waals surface area (Å²) in [5.74, 6) is 0.946. The molecule has 2 aromatic rings. The van der Waals surface area contributed by atoms with Crippen molar-refractivity contribution in [3.63, 3.8) is 0 Å². The molecule has 1 aliphatic heterocycles. The molecule has 3 nitrogen and oxygen atoms in total. The van der Waals surface area contributed by atoms with Gasteiger partial charge in [0.1, 0.15) is 5.75 Å². The first-order valence-corrected chi connectivity index (χ1v) is 8.86. The minimum absolute atomic E-state index is 0.0958. The van der Waals surface area contributed by atoms with Crippen LogP contribution in [0.15, 0.2) is 42.5 Å². The summed E-state index contributed by atoms with van der Waals surface area (Å²) in [4.78, 5) is 12.3. The van der Waals surface area contributed by atoms with E-state index in [4.69, 9.17) is 4.74 Å². The summed E-state index contributed by atoms with van der Waals surface area (Å²) in [7, 11) is 0. The molecular weight excluding hydrogens is 298 g/mol. The van der Waals surface area contributed by atoms with Gasteiger partial charge >= 0.3 is 0 Å². The Morgan fingerprint density at radius 1 is 1.08 bits per heavy atom. The van der Waals surface area contributed by atoms with Crippen molar-refractivity contribution in [3.8, 4) is 5.75 Å². The zero-order valence-electron chi connectivity index (χ0n) is 14.0. The van der Waals surface area contributed by atoms with Gasteiger partial charge in [0.15, 0.2) is 0 Å². The predicted molar refractivity (Wildman–Crippen MR) is 95.6 cm³/mol. The zero-order valence-corrected chi connectivity index (χ0v) is 14.0. The maximum atomic E-state index is 12.3. The third-order valence-corrected chi connectivity index (χ3v) is 5.12. The van der Waals surface area contributed by atoms with E-state index in [0.29, 0.717) is 6.10 Å². The number of fused-ring (bicyclic) bond motifs is 1. The third kappa shape index (κ3) is 3.03. The monoisotopic (exact) mass is 321 g/mol. The topological polar surface area (TPSA) is 38.3 Å². The molecule has 24 heavy (non-hydrogen) atoms. The SMILES string of the molecule is Cc1ccc2c(c1)C(Cc1ccc(OC3CCCC3)cc1)C(=O)N2. The number of hydrogen-bond acceptors (Lipinski definition) is 2. The largest absolute Gasteiger partial charge is 0.490 e. The molecule has 1 atom stereocenters. The van der Waals surface area contributed by atoms with E-state index in [9.17, 15) is 4.79 Å². The molecule has 2 aliphatic rings. The molecule has 1 heterocycles. The van der Waals surface area contributed by atoms with Gasteiger partial charge in [0.2, 0.25) is 5.91 Å². The molecule has 0 radical (unpaired) electrons. The molecule has 1 amide bonds. The highest BCUT2D eigenvalue weighted by Gasteiger charge is 2.30. The molecule has 124 valence electrons. The number of amides is 1. The van der Waals surface area contributed by atoms with Crippen molar-refractivity contribution < 1.29 is 9.53 Å². The summed E-state index contributed by atoms with van der Waals surface area (Å²) in [5, 5.41) is 2.99. The van der Waals surface area contributed by atoms with Crippen LogP contribution in [0.25, 0.3) is 0 Å². The van der Waals surface area contributed by atoms with Gasteiger partial charge in [0.25, 0.3) is 0 Å². The number of anilines is 1. The fourth-order valence-electron chi connectivity index (χ4n) is 3.79. The number of carbonyl (C=O) groups is 1. The van der Waals surface area contributed by atoms with Gasteiger partial charge in [0.05, 0.1) is 12.0 Å². The van der Waals surface area contributed by atoms with Crippen LogP contribution in [-0.4, -0.2) is 12.0 Å². The van der Waals surface area contributed by atoms with E-state index in [1.165, 1.54) is 36.8 Å². The van der Waals surface area contributed by atoms with Gasteiger partial charge in [-0.15, -0.1) is 0 Å². The van der Waals surface area contributed by atoms with Crippen molar-refractivity contribution in [3.05, 3.63) is 59.2 Å². The van der Waals surface area contributed by atoms with Gasteiger partial charge < -0.3 is 10.1 Å². The second-order valence-electron chi connectivity index (χ2n) is 7.00. The summed E-state index contributed by atoms with van der Waals surface area (Å²) >= 11 is 0. The van der Waals surface area contributed by atoms with E-state index in [2.05, 4.69) is 30.4 Å². The van der Waals surface area contributed by atoms with Crippen LogP contribution in [0, 0.1) is 6.92 Å². The summed E-state index contributed by atoms with van der Waals surface area (Å²) in [5.41, 5.74) is 4.43. The fourth-order valence-corrected chi connectivity index (χ4v) is 3.79. The lowest BCUT2D eigenvalue weighted by Crippen LogP contribution is -2.14. The summed E-state index contributed by atoms with van der Waals surface area (Å²) in [6.45, 7) is 2.06. The minimum Gasteiger partial charge on any atom is -0.490 e. The number of rotatable bonds is 4. The highest BCUT2D eigenvalue weighted by Crippen LogP contribution is 2.35. The first kappa shape index (κ1) is 15.3. The van der Waals surface area contributed by atoms with Gasteiger partial charge in [-0.05, 0) is 68.4 Å². The standard InChI is InChI=1S/C21H23NO2/c1-14-6-11-20-18(12-14)19(21(23)22-20)13-15-7-9-17(10-8-15)24-16-4-2-3-5-16/h6-12,16,19H,2-5,13H2,1H3,(H,22,23). The van der Waals surface area contributed by atoms with Crippen molar-refractivity contribution in [1.29, 1.82) is 0 Å². The van der Waals surface area contributed by atoms with Gasteiger partial charge in [-0.25, -0.2) is 0 Å². The molecule has 0 bridgehead atoms. The maximum absolute atomic E-state index is 12.3. The Kier molecular flexibility index (Phi) is 4.01. The molecule has 1 aliphatic carbocycles. The number of ether oxygens (including phenoxy) is 1. The highest BCUT2D eigenvalue weighted by atomic mass is 16.5. The van der Waals surface area contributed by atoms with Crippen molar-refractivity contribution in [2.75, 3.05) is 5.32 Å². The van der Waals surface area contributed by atoms with E-state index < -0.39 is 0 Å². The Bertz CT molecular complexity index is 745. The Hall–Kier alpha value is -2.29. The van der Waals surface area contributed by atoms with E-state index in [-0.39, 0.29) is 11.8 Å². The third-order valence-electron chi connectivity index (χ3n) is 5.12. The minimum atomic E-state index is -0.0958. The maximum Gasteiger partial charge on any atom is 0.232 e. The lowest BCUT2D eigenvalue weighted by atomic mass is 9.92. The molecule has 3 heteroatoms. The van der Waals surface area contributed by atoms with Gasteiger partial charge in [-0.1, -0.05) is 29.8 Å². The van der Waals surface area contributed by atoms with Crippen LogP contribution in [0.3, 0.4) is 0 Å². The number of aryl methyl sites for hydroxylation is 1. The van der Waals surface area contributed by atoms with Crippen LogP contribution >= 0.6 is 0 Å². The molecule has 4 rings (SSSR count). The van der Waals surface area contributed by atoms with Crippen LogP contribution in [-0.2, 0) is 11.2 Å². The average Bonchev–Trinajstić information content (AvgIpc) is 3.18. The lowest BCUT2D eigenvalue weighted by molar-refractivity contribution is -0.117. The molecule has 1 fully saturated rings. The van der Waals surface area contributed by atoms with E-state index in [0.717, 1.165) is 23.4 Å². The summed E-state index contributed by atoms with van der Waals surface area (Å²) in [6, 6.07) is 14.4. The van der Waals surface area contributed by atoms with Gasteiger partial charge in [0, 0.05) is 5.69 Å². The Labute approximate surface area is 143 Å². The average molecular weight is 321 g/mol. The molecule has 1 unspecified atom stereocenters. The number of benzene rings is 2. The molecule has 1 saturated carbocycles. The van der Waals surface area contributed by atoms with Gasteiger partial charge in [-0.2, -0.15) is 0 Å². The normalized spacial score (nSPS) is 20.0. The summed E-state index contributed by atoms with van der Waals surface area (Å²) < 4.78 is 6.01. The van der Waals surface area contributed by atoms with Crippen molar-refractivity contribution in [2.45, 2.75) is 51.0 Å². The van der Waals surface area contributed by atoms with E-state index in [1.54, 1.807) is 0 Å². The van der Waals surface area contributed by atoms with Gasteiger partial charge in [-0.3, -0.25) is 4.79 Å². The number of hydrogen-bond donors (Lipinski definition) is 1. The van der Waals surface area contributed by atoms with E-state index >= 15 is 0 Å². The van der Waals surface area contributed by atoms with Crippen LogP contribution in [0.2, 0.25) is 0 Å². The predicted octanol–water partition coefficient (Wildman–Crippen LogP) is 4.59. The first-order valence-electron chi connectivity index (χ1n) is 8.86. The van der Waals surface area contributed by atoms with Crippen molar-refractivity contribution in [1.82, 2.24) is 0 Å². The molecule has 0 saturated heterocycles. The van der Waals surface area contributed by atoms with E-state index in [1.807, 2.05) is 24.3 Å². The first-order chi connectivity index (χ1) is 11.7. The molecule has 2 aromatic carbocycles. The van der Waals surface area contributed by atoms with Crippen molar-refractivity contribution in [2.24, 2.45) is 0 Å². The second-order valence-corrected chi connectivity index (χ2v) is 7.00.